The Balaban J connectivity index is 2.21. The van der Waals surface area contributed by atoms with Crippen molar-refractivity contribution in [3.8, 4) is 0 Å². The van der Waals surface area contributed by atoms with E-state index in [1.54, 1.807) is 6.07 Å². The van der Waals surface area contributed by atoms with Crippen LogP contribution in [0.3, 0.4) is 0 Å². The Hall–Kier alpha value is -0.950. The largest absolute Gasteiger partial charge is 0.326 e. The Bertz CT molecular complexity index is 614. The summed E-state index contributed by atoms with van der Waals surface area (Å²) in [6, 6.07) is 3.92. The second kappa shape index (κ2) is 6.44. The van der Waals surface area contributed by atoms with Crippen LogP contribution in [0.2, 0.25) is 0 Å². The molecule has 1 atom stereocenters. The van der Waals surface area contributed by atoms with Gasteiger partial charge < -0.3 is 10.6 Å². The number of hydrogen-bond acceptors (Lipinski definition) is 4. The molecule has 21 heavy (non-hydrogen) atoms. The third-order valence-corrected chi connectivity index (χ3v) is 5.93. The predicted molar refractivity (Wildman–Crippen MR) is 84.6 cm³/mol. The van der Waals surface area contributed by atoms with Gasteiger partial charge in [0, 0.05) is 19.1 Å². The maximum atomic E-state index is 12.6. The lowest BCUT2D eigenvalue weighted by molar-refractivity contribution is 0.311. The van der Waals surface area contributed by atoms with Crippen LogP contribution in [0.25, 0.3) is 0 Å². The molecule has 1 saturated heterocycles. The van der Waals surface area contributed by atoms with Crippen molar-refractivity contribution in [2.24, 2.45) is 5.73 Å². The summed E-state index contributed by atoms with van der Waals surface area (Å²) in [7, 11) is -1.45. The number of benzene rings is 1. The van der Waals surface area contributed by atoms with Gasteiger partial charge in [-0.05, 0) is 63.0 Å². The van der Waals surface area contributed by atoms with Crippen LogP contribution in [0.4, 0.5) is 0 Å². The van der Waals surface area contributed by atoms with Gasteiger partial charge in [-0.3, -0.25) is 0 Å². The molecule has 1 aliphatic rings. The van der Waals surface area contributed by atoms with E-state index >= 15 is 0 Å². The van der Waals surface area contributed by atoms with Crippen LogP contribution in [0.5, 0.6) is 0 Å². The molecule has 1 heterocycles. The van der Waals surface area contributed by atoms with E-state index in [4.69, 9.17) is 5.73 Å². The molecule has 0 aromatic heterocycles. The van der Waals surface area contributed by atoms with Gasteiger partial charge in [0.15, 0.2) is 0 Å². The molecule has 1 aliphatic heterocycles. The summed E-state index contributed by atoms with van der Waals surface area (Å²) >= 11 is 0. The molecule has 6 heteroatoms. The number of aryl methyl sites for hydroxylation is 1. The molecule has 5 nitrogen and oxygen atoms in total. The van der Waals surface area contributed by atoms with Crippen LogP contribution >= 0.6 is 0 Å². The lowest BCUT2D eigenvalue weighted by Gasteiger charge is -2.20. The van der Waals surface area contributed by atoms with Crippen LogP contribution in [-0.4, -0.2) is 39.5 Å². The zero-order valence-electron chi connectivity index (χ0n) is 13.0. The van der Waals surface area contributed by atoms with E-state index in [1.807, 2.05) is 27.0 Å². The minimum absolute atomic E-state index is 0.291. The molecule has 0 bridgehead atoms. The molecule has 1 fully saturated rings. The molecule has 1 unspecified atom stereocenters. The van der Waals surface area contributed by atoms with Gasteiger partial charge in [-0.2, -0.15) is 0 Å². The molecule has 0 spiro atoms. The average Bonchev–Trinajstić information content (AvgIpc) is 2.84. The first-order valence-electron chi connectivity index (χ1n) is 7.35. The van der Waals surface area contributed by atoms with E-state index in [1.165, 1.54) is 0 Å². The van der Waals surface area contributed by atoms with Crippen molar-refractivity contribution >= 4 is 10.0 Å². The van der Waals surface area contributed by atoms with E-state index in [2.05, 4.69) is 9.62 Å². The third-order valence-electron chi connectivity index (χ3n) is 4.39. The lowest BCUT2D eigenvalue weighted by atomic mass is 10.1. The molecule has 1 aromatic rings. The predicted octanol–water partition coefficient (Wildman–Crippen LogP) is 1.13. The fourth-order valence-electron chi connectivity index (χ4n) is 2.82. The van der Waals surface area contributed by atoms with Crippen LogP contribution in [0.15, 0.2) is 17.0 Å². The smallest absolute Gasteiger partial charge is 0.240 e. The van der Waals surface area contributed by atoms with Crippen molar-refractivity contribution < 1.29 is 8.42 Å². The molecule has 0 amide bonds. The van der Waals surface area contributed by atoms with Gasteiger partial charge in [0.1, 0.15) is 0 Å². The summed E-state index contributed by atoms with van der Waals surface area (Å²) in [5.41, 5.74) is 8.24. The Kier molecular flexibility index (Phi) is 5.03. The second-order valence-corrected chi connectivity index (χ2v) is 7.60. The van der Waals surface area contributed by atoms with E-state index in [-0.39, 0.29) is 0 Å². The van der Waals surface area contributed by atoms with Crippen molar-refractivity contribution in [3.05, 3.63) is 28.8 Å². The Morgan fingerprint density at radius 1 is 1.38 bits per heavy atom. The van der Waals surface area contributed by atoms with Crippen molar-refractivity contribution in [2.75, 3.05) is 20.1 Å². The summed E-state index contributed by atoms with van der Waals surface area (Å²) in [6.07, 6.45) is 2.17. The van der Waals surface area contributed by atoms with E-state index in [9.17, 15) is 8.42 Å². The normalized spacial score (nSPS) is 20.1. The fraction of sp³-hybridized carbons (Fsp3) is 0.600. The SMILES string of the molecule is Cc1cc(CN)cc(S(=O)(=O)NCC2CCCN2C)c1C. The molecule has 0 aliphatic carbocycles. The molecular formula is C15H25N3O2S. The van der Waals surface area contributed by atoms with Gasteiger partial charge in [-0.15, -0.1) is 0 Å². The van der Waals surface area contributed by atoms with Gasteiger partial charge in [0.25, 0.3) is 0 Å². The van der Waals surface area contributed by atoms with E-state index < -0.39 is 10.0 Å². The van der Waals surface area contributed by atoms with Crippen LogP contribution in [-0.2, 0) is 16.6 Å². The fourth-order valence-corrected chi connectivity index (χ4v) is 4.25. The zero-order chi connectivity index (χ0) is 15.6. The molecular weight excluding hydrogens is 286 g/mol. The highest BCUT2D eigenvalue weighted by Crippen LogP contribution is 2.21. The van der Waals surface area contributed by atoms with Crippen LogP contribution < -0.4 is 10.5 Å². The van der Waals surface area contributed by atoms with Gasteiger partial charge in [0.05, 0.1) is 4.90 Å². The molecule has 0 saturated carbocycles. The van der Waals surface area contributed by atoms with E-state index in [0.717, 1.165) is 36.1 Å². The standard InChI is InChI=1S/C15H25N3O2S/c1-11-7-13(9-16)8-15(12(11)2)21(19,20)17-10-14-5-4-6-18(14)3/h7-8,14,17H,4-6,9-10,16H2,1-3H3. The monoisotopic (exact) mass is 311 g/mol. The number of hydrogen-bond donors (Lipinski definition) is 2. The Morgan fingerprint density at radius 3 is 2.67 bits per heavy atom. The molecule has 118 valence electrons. The van der Waals surface area contributed by atoms with Gasteiger partial charge >= 0.3 is 0 Å². The van der Waals surface area contributed by atoms with Crippen molar-refractivity contribution in [1.29, 1.82) is 0 Å². The number of sulfonamides is 1. The van der Waals surface area contributed by atoms with Crippen molar-refractivity contribution in [3.63, 3.8) is 0 Å². The second-order valence-electron chi connectivity index (χ2n) is 5.87. The minimum atomic E-state index is -3.49. The summed E-state index contributed by atoms with van der Waals surface area (Å²) in [4.78, 5) is 2.56. The molecule has 2 rings (SSSR count). The first kappa shape index (κ1) is 16.4. The van der Waals surface area contributed by atoms with Crippen molar-refractivity contribution in [2.45, 2.75) is 44.2 Å². The van der Waals surface area contributed by atoms with Crippen molar-refractivity contribution in [1.82, 2.24) is 9.62 Å². The molecule has 1 aromatic carbocycles. The van der Waals surface area contributed by atoms with Crippen LogP contribution in [0, 0.1) is 13.8 Å². The zero-order valence-corrected chi connectivity index (χ0v) is 13.8. The minimum Gasteiger partial charge on any atom is -0.326 e. The highest BCUT2D eigenvalue weighted by Gasteiger charge is 2.24. The summed E-state index contributed by atoms with van der Waals surface area (Å²) in [5.74, 6) is 0. The number of nitrogens with two attached hydrogens (primary N) is 1. The topological polar surface area (TPSA) is 75.4 Å². The lowest BCUT2D eigenvalue weighted by Crippen LogP contribution is -2.38. The summed E-state index contributed by atoms with van der Waals surface area (Å²) in [6.45, 7) is 5.59. The molecule has 0 radical (unpaired) electrons. The van der Waals surface area contributed by atoms with Crippen LogP contribution in [0.1, 0.15) is 29.5 Å². The number of nitrogens with one attached hydrogen (secondary N) is 1. The number of nitrogens with zero attached hydrogens (tertiary/aromatic N) is 1. The number of rotatable bonds is 5. The van der Waals surface area contributed by atoms with E-state index in [0.29, 0.717) is 24.0 Å². The van der Waals surface area contributed by atoms with Gasteiger partial charge in [-0.1, -0.05) is 6.07 Å². The van der Waals surface area contributed by atoms with Gasteiger partial charge in [0.2, 0.25) is 10.0 Å². The highest BCUT2D eigenvalue weighted by atomic mass is 32.2. The molecule has 3 N–H and O–H groups in total. The Morgan fingerprint density at radius 2 is 2.10 bits per heavy atom. The van der Waals surface area contributed by atoms with Gasteiger partial charge in [-0.25, -0.2) is 13.1 Å². The first-order valence-corrected chi connectivity index (χ1v) is 8.83. The highest BCUT2D eigenvalue weighted by molar-refractivity contribution is 7.89. The first-order chi connectivity index (χ1) is 9.85. The number of likely N-dealkylation sites (N-methyl/N-ethyl adjacent to an activating group) is 1. The maximum Gasteiger partial charge on any atom is 0.240 e. The summed E-state index contributed by atoms with van der Waals surface area (Å²) in [5, 5.41) is 0. The Labute approximate surface area is 127 Å². The summed E-state index contributed by atoms with van der Waals surface area (Å²) < 4.78 is 27.9. The number of likely N-dealkylation sites (tertiary alicyclic amines) is 1. The quantitative estimate of drug-likeness (QED) is 0.855. The maximum absolute atomic E-state index is 12.6. The average molecular weight is 311 g/mol. The third kappa shape index (κ3) is 3.63.